The molecule has 0 saturated carbocycles. The number of ether oxygens (including phenoxy) is 1. The SMILES string of the molecule is COc1cnc(SCc2ccc(Cl)c(Cl)c2)nc1Sc1c(F)c(F)c(F)c(F)c1F. The summed E-state index contributed by atoms with van der Waals surface area (Å²) in [7, 11) is 1.25. The van der Waals surface area contributed by atoms with Crippen LogP contribution in [0.3, 0.4) is 0 Å². The first-order valence-electron chi connectivity index (χ1n) is 7.90. The number of halogens is 7. The number of methoxy groups -OCH3 is 1. The van der Waals surface area contributed by atoms with Crippen molar-refractivity contribution >= 4 is 46.7 Å². The average molecular weight is 499 g/mol. The number of benzene rings is 2. The summed E-state index contributed by atoms with van der Waals surface area (Å²) in [5.74, 6) is -9.85. The zero-order valence-electron chi connectivity index (χ0n) is 14.8. The third-order valence-electron chi connectivity index (χ3n) is 3.64. The number of nitrogens with zero attached hydrogens (tertiary/aromatic N) is 2. The third kappa shape index (κ3) is 4.77. The van der Waals surface area contributed by atoms with Gasteiger partial charge in [-0.1, -0.05) is 52.8 Å². The molecule has 3 rings (SSSR count). The van der Waals surface area contributed by atoms with Gasteiger partial charge in [0.1, 0.15) is 5.03 Å². The fourth-order valence-corrected chi connectivity index (χ4v) is 4.23. The van der Waals surface area contributed by atoms with Gasteiger partial charge in [-0.3, -0.25) is 0 Å². The predicted molar refractivity (Wildman–Crippen MR) is 105 cm³/mol. The highest BCUT2D eigenvalue weighted by Gasteiger charge is 2.27. The zero-order chi connectivity index (χ0) is 22.0. The maximum Gasteiger partial charge on any atom is 0.200 e. The second-order valence-electron chi connectivity index (χ2n) is 5.56. The van der Waals surface area contributed by atoms with Gasteiger partial charge < -0.3 is 4.74 Å². The summed E-state index contributed by atoms with van der Waals surface area (Å²) >= 11 is 13.2. The maximum absolute atomic E-state index is 14.0. The van der Waals surface area contributed by atoms with E-state index in [0.29, 0.717) is 15.8 Å². The Bertz CT molecular complexity index is 1090. The molecule has 2 aromatic carbocycles. The van der Waals surface area contributed by atoms with Crippen LogP contribution in [-0.4, -0.2) is 17.1 Å². The quantitative estimate of drug-likeness (QED) is 0.0918. The zero-order valence-corrected chi connectivity index (χ0v) is 17.9. The normalized spacial score (nSPS) is 11.1. The summed E-state index contributed by atoms with van der Waals surface area (Å²) < 4.78 is 73.3. The van der Waals surface area contributed by atoms with E-state index >= 15 is 0 Å². The molecule has 1 aromatic heterocycles. The van der Waals surface area contributed by atoms with Gasteiger partial charge in [0.05, 0.1) is 28.2 Å². The van der Waals surface area contributed by atoms with Crippen LogP contribution in [0.2, 0.25) is 10.0 Å². The van der Waals surface area contributed by atoms with E-state index in [2.05, 4.69) is 9.97 Å². The van der Waals surface area contributed by atoms with Crippen LogP contribution in [-0.2, 0) is 5.75 Å². The van der Waals surface area contributed by atoms with Gasteiger partial charge in [0, 0.05) is 5.75 Å². The van der Waals surface area contributed by atoms with E-state index in [4.69, 9.17) is 27.9 Å². The van der Waals surface area contributed by atoms with E-state index in [1.807, 2.05) is 0 Å². The number of aromatic nitrogens is 2. The number of thioether (sulfide) groups is 1. The monoisotopic (exact) mass is 498 g/mol. The minimum absolute atomic E-state index is 0.00262. The van der Waals surface area contributed by atoms with E-state index in [1.54, 1.807) is 18.2 Å². The molecule has 0 radical (unpaired) electrons. The summed E-state index contributed by atoms with van der Waals surface area (Å²) in [5.41, 5.74) is 0.808. The van der Waals surface area contributed by atoms with Crippen molar-refractivity contribution in [3.63, 3.8) is 0 Å². The maximum atomic E-state index is 14.0. The highest BCUT2D eigenvalue weighted by atomic mass is 35.5. The highest BCUT2D eigenvalue weighted by molar-refractivity contribution is 7.99. The van der Waals surface area contributed by atoms with E-state index in [9.17, 15) is 22.0 Å². The van der Waals surface area contributed by atoms with Crippen molar-refractivity contribution in [1.82, 2.24) is 9.97 Å². The van der Waals surface area contributed by atoms with Gasteiger partial charge in [-0.05, 0) is 17.7 Å². The Morgan fingerprint density at radius 3 is 2.17 bits per heavy atom. The Hall–Kier alpha value is -1.75. The van der Waals surface area contributed by atoms with Crippen LogP contribution in [0.4, 0.5) is 22.0 Å². The molecule has 0 amide bonds. The minimum atomic E-state index is -2.23. The lowest BCUT2D eigenvalue weighted by Crippen LogP contribution is -2.04. The van der Waals surface area contributed by atoms with Gasteiger partial charge in [-0.15, -0.1) is 0 Å². The average Bonchev–Trinajstić information content (AvgIpc) is 2.74. The van der Waals surface area contributed by atoms with Crippen LogP contribution in [0.1, 0.15) is 5.56 Å². The number of hydrogen-bond acceptors (Lipinski definition) is 5. The Kier molecular flexibility index (Phi) is 7.33. The standard InChI is InChI=1S/C18H9Cl2F5N2OS2/c1-28-10-5-26-18(29-6-7-2-3-8(19)9(20)4-7)27-17(10)30-16-14(24)12(22)11(21)13(23)15(16)25/h2-5H,6H2,1H3. The molecule has 12 heteroatoms. The van der Waals surface area contributed by atoms with Gasteiger partial charge in [0.2, 0.25) is 5.82 Å². The van der Waals surface area contributed by atoms with Crippen molar-refractivity contribution in [2.24, 2.45) is 0 Å². The lowest BCUT2D eigenvalue weighted by atomic mass is 10.2. The van der Waals surface area contributed by atoms with Crippen LogP contribution >= 0.6 is 46.7 Å². The van der Waals surface area contributed by atoms with Gasteiger partial charge in [0.25, 0.3) is 0 Å². The molecule has 0 aliphatic carbocycles. The first-order valence-corrected chi connectivity index (χ1v) is 10.5. The Labute approximate surface area is 186 Å². The molecule has 3 aromatic rings. The Morgan fingerprint density at radius 1 is 0.933 bits per heavy atom. The second-order valence-corrected chi connectivity index (χ2v) is 8.32. The molecule has 0 aliphatic rings. The van der Waals surface area contributed by atoms with Crippen LogP contribution in [0, 0.1) is 29.1 Å². The fraction of sp³-hybridized carbons (Fsp3) is 0.111. The van der Waals surface area contributed by atoms with E-state index in [-0.39, 0.29) is 27.7 Å². The third-order valence-corrected chi connectivity index (χ3v) is 6.36. The first-order chi connectivity index (χ1) is 14.2. The summed E-state index contributed by atoms with van der Waals surface area (Å²) in [4.78, 5) is 7.08. The molecule has 0 aliphatic heterocycles. The fourth-order valence-electron chi connectivity index (χ4n) is 2.17. The summed E-state index contributed by atoms with van der Waals surface area (Å²) in [6.45, 7) is 0. The molecular formula is C18H9Cl2F5N2OS2. The molecule has 0 atom stereocenters. The molecular weight excluding hydrogens is 490 g/mol. The molecule has 0 unspecified atom stereocenters. The van der Waals surface area contributed by atoms with E-state index < -0.39 is 34.0 Å². The summed E-state index contributed by atoms with van der Waals surface area (Å²) in [6, 6.07) is 5.03. The molecule has 0 bridgehead atoms. The summed E-state index contributed by atoms with van der Waals surface area (Å²) in [5, 5.41) is 0.834. The van der Waals surface area contributed by atoms with Crippen LogP contribution in [0.15, 0.2) is 39.5 Å². The van der Waals surface area contributed by atoms with Crippen molar-refractivity contribution < 1.29 is 26.7 Å². The molecule has 158 valence electrons. The molecule has 0 fully saturated rings. The Morgan fingerprint density at radius 2 is 1.57 bits per heavy atom. The largest absolute Gasteiger partial charge is 0.492 e. The van der Waals surface area contributed by atoms with Crippen molar-refractivity contribution in [1.29, 1.82) is 0 Å². The van der Waals surface area contributed by atoms with Crippen LogP contribution in [0.25, 0.3) is 0 Å². The minimum Gasteiger partial charge on any atom is -0.492 e. The van der Waals surface area contributed by atoms with Crippen molar-refractivity contribution in [2.45, 2.75) is 20.8 Å². The van der Waals surface area contributed by atoms with Crippen molar-refractivity contribution in [2.75, 3.05) is 7.11 Å². The predicted octanol–water partition coefficient (Wildman–Crippen LogP) is 6.93. The van der Waals surface area contributed by atoms with Gasteiger partial charge in [0.15, 0.2) is 34.2 Å². The lowest BCUT2D eigenvalue weighted by Gasteiger charge is -2.11. The first kappa shape index (κ1) is 22.9. The molecule has 0 spiro atoms. The van der Waals surface area contributed by atoms with E-state index in [1.165, 1.54) is 13.3 Å². The number of hydrogen-bond donors (Lipinski definition) is 0. The van der Waals surface area contributed by atoms with Crippen molar-refractivity contribution in [3.05, 3.63) is 69.1 Å². The number of rotatable bonds is 6. The highest BCUT2D eigenvalue weighted by Crippen LogP contribution is 2.39. The molecule has 3 nitrogen and oxygen atoms in total. The van der Waals surface area contributed by atoms with Gasteiger partial charge >= 0.3 is 0 Å². The van der Waals surface area contributed by atoms with Crippen molar-refractivity contribution in [3.8, 4) is 5.75 Å². The molecule has 30 heavy (non-hydrogen) atoms. The molecule has 0 saturated heterocycles. The smallest absolute Gasteiger partial charge is 0.200 e. The second kappa shape index (κ2) is 9.59. The van der Waals surface area contributed by atoms with E-state index in [0.717, 1.165) is 17.3 Å². The van der Waals surface area contributed by atoms with Crippen LogP contribution in [0.5, 0.6) is 5.75 Å². The van der Waals surface area contributed by atoms with Gasteiger partial charge in [-0.25, -0.2) is 31.9 Å². The molecule has 1 heterocycles. The lowest BCUT2D eigenvalue weighted by molar-refractivity contribution is 0.360. The topological polar surface area (TPSA) is 35.0 Å². The molecule has 0 N–H and O–H groups in total. The summed E-state index contributed by atoms with van der Waals surface area (Å²) in [6.07, 6.45) is 1.23. The van der Waals surface area contributed by atoms with Crippen LogP contribution < -0.4 is 4.74 Å². The van der Waals surface area contributed by atoms with Gasteiger partial charge in [-0.2, -0.15) is 0 Å². The Balaban J connectivity index is 1.89.